The highest BCUT2D eigenvalue weighted by Crippen LogP contribution is 2.24. The van der Waals surface area contributed by atoms with Gasteiger partial charge in [0.2, 0.25) is 11.8 Å². The zero-order chi connectivity index (χ0) is 13.8. The fourth-order valence-corrected chi connectivity index (χ4v) is 3.12. The molecule has 104 valence electrons. The highest BCUT2D eigenvalue weighted by Gasteiger charge is 2.34. The number of carbonyl (C=O) groups excluding carboxylic acids is 2. The Bertz CT molecular complexity index is 447. The largest absolute Gasteiger partial charge is 0.357 e. The van der Waals surface area contributed by atoms with Gasteiger partial charge in [-0.05, 0) is 30.7 Å². The molecule has 19 heavy (non-hydrogen) atoms. The number of hydrogen-bond acceptors (Lipinski definition) is 4. The van der Waals surface area contributed by atoms with Gasteiger partial charge >= 0.3 is 0 Å². The topological polar surface area (TPSA) is 75.4 Å². The summed E-state index contributed by atoms with van der Waals surface area (Å²) in [7, 11) is 1.60. The van der Waals surface area contributed by atoms with Gasteiger partial charge in [0.05, 0.1) is 0 Å². The smallest absolute Gasteiger partial charge is 0.245 e. The van der Waals surface area contributed by atoms with Gasteiger partial charge in [-0.1, -0.05) is 6.07 Å². The minimum Gasteiger partial charge on any atom is -0.357 e. The van der Waals surface area contributed by atoms with Crippen LogP contribution in [0.3, 0.4) is 0 Å². The van der Waals surface area contributed by atoms with Crippen LogP contribution in [-0.4, -0.2) is 36.3 Å². The molecule has 1 aromatic heterocycles. The van der Waals surface area contributed by atoms with Crippen LogP contribution >= 0.6 is 11.3 Å². The van der Waals surface area contributed by atoms with Crippen molar-refractivity contribution in [3.63, 3.8) is 0 Å². The Morgan fingerprint density at radius 2 is 2.32 bits per heavy atom. The maximum absolute atomic E-state index is 12.5. The van der Waals surface area contributed by atoms with Crippen LogP contribution in [-0.2, 0) is 9.59 Å². The second-order valence-corrected chi connectivity index (χ2v) is 5.63. The molecule has 0 aromatic carbocycles. The second-order valence-electron chi connectivity index (χ2n) is 4.65. The van der Waals surface area contributed by atoms with Crippen LogP contribution in [0.15, 0.2) is 17.5 Å². The van der Waals surface area contributed by atoms with Crippen molar-refractivity contribution in [2.24, 2.45) is 5.73 Å². The van der Waals surface area contributed by atoms with Gasteiger partial charge in [0.15, 0.2) is 0 Å². The molecular weight excluding hydrogens is 262 g/mol. The number of piperidine rings is 1. The Labute approximate surface area is 116 Å². The first-order chi connectivity index (χ1) is 9.15. The molecule has 1 saturated heterocycles. The van der Waals surface area contributed by atoms with Gasteiger partial charge in [-0.2, -0.15) is 0 Å². The van der Waals surface area contributed by atoms with Crippen molar-refractivity contribution in [3.05, 3.63) is 22.4 Å². The van der Waals surface area contributed by atoms with Gasteiger partial charge < -0.3 is 16.0 Å². The summed E-state index contributed by atoms with van der Waals surface area (Å²) < 4.78 is 0. The van der Waals surface area contributed by atoms with Crippen molar-refractivity contribution >= 4 is 23.2 Å². The van der Waals surface area contributed by atoms with Gasteiger partial charge in [0.1, 0.15) is 12.1 Å². The quantitative estimate of drug-likeness (QED) is 0.863. The lowest BCUT2D eigenvalue weighted by Crippen LogP contribution is -2.53. The lowest BCUT2D eigenvalue weighted by molar-refractivity contribution is -0.143. The summed E-state index contributed by atoms with van der Waals surface area (Å²) in [5.74, 6) is -0.262. The van der Waals surface area contributed by atoms with E-state index in [0.29, 0.717) is 13.0 Å². The van der Waals surface area contributed by atoms with Crippen molar-refractivity contribution in [1.82, 2.24) is 10.2 Å². The summed E-state index contributed by atoms with van der Waals surface area (Å²) in [5, 5.41) is 4.52. The summed E-state index contributed by atoms with van der Waals surface area (Å²) in [4.78, 5) is 26.8. The van der Waals surface area contributed by atoms with Crippen LogP contribution in [0.25, 0.3) is 0 Å². The van der Waals surface area contributed by atoms with Crippen molar-refractivity contribution in [2.45, 2.75) is 31.3 Å². The second kappa shape index (κ2) is 6.16. The van der Waals surface area contributed by atoms with Gasteiger partial charge in [-0.15, -0.1) is 11.3 Å². The first-order valence-corrected chi connectivity index (χ1v) is 7.34. The van der Waals surface area contributed by atoms with E-state index in [2.05, 4.69) is 5.32 Å². The Morgan fingerprint density at radius 1 is 1.53 bits per heavy atom. The van der Waals surface area contributed by atoms with Crippen LogP contribution in [0.4, 0.5) is 0 Å². The SMILES string of the molecule is CNC(=O)C1CCCCN1C(=O)C(N)c1cccs1. The van der Waals surface area contributed by atoms with Gasteiger partial charge in [-0.25, -0.2) is 0 Å². The van der Waals surface area contributed by atoms with E-state index in [1.54, 1.807) is 11.9 Å². The fraction of sp³-hybridized carbons (Fsp3) is 0.538. The maximum Gasteiger partial charge on any atom is 0.245 e. The first-order valence-electron chi connectivity index (χ1n) is 6.46. The summed E-state index contributed by atoms with van der Waals surface area (Å²) in [6, 6.07) is 2.69. The van der Waals surface area contributed by atoms with Crippen molar-refractivity contribution in [1.29, 1.82) is 0 Å². The van der Waals surface area contributed by atoms with Crippen LogP contribution in [0, 0.1) is 0 Å². The predicted octanol–water partition coefficient (Wildman–Crippen LogP) is 0.875. The highest BCUT2D eigenvalue weighted by molar-refractivity contribution is 7.10. The predicted molar refractivity (Wildman–Crippen MR) is 74.7 cm³/mol. The maximum atomic E-state index is 12.5. The molecule has 2 unspecified atom stereocenters. The molecule has 2 heterocycles. The lowest BCUT2D eigenvalue weighted by Gasteiger charge is -2.35. The van der Waals surface area contributed by atoms with Crippen molar-refractivity contribution < 1.29 is 9.59 Å². The standard InChI is InChI=1S/C13H19N3O2S/c1-15-12(17)9-5-2-3-7-16(9)13(18)11(14)10-6-4-8-19-10/h4,6,8-9,11H,2-3,5,7,14H2,1H3,(H,15,17). The van der Waals surface area contributed by atoms with E-state index in [1.807, 2.05) is 17.5 Å². The highest BCUT2D eigenvalue weighted by atomic mass is 32.1. The zero-order valence-corrected chi connectivity index (χ0v) is 11.8. The minimum atomic E-state index is -0.662. The molecule has 0 spiro atoms. The molecule has 1 aliphatic heterocycles. The molecule has 6 heteroatoms. The van der Waals surface area contributed by atoms with Gasteiger partial charge in [-0.3, -0.25) is 9.59 Å². The third kappa shape index (κ3) is 2.96. The summed E-state index contributed by atoms with van der Waals surface area (Å²) in [6.07, 6.45) is 2.61. The Balaban J connectivity index is 2.13. The van der Waals surface area contributed by atoms with E-state index in [1.165, 1.54) is 11.3 Å². The van der Waals surface area contributed by atoms with Crippen LogP contribution < -0.4 is 11.1 Å². The minimum absolute atomic E-state index is 0.105. The number of nitrogens with one attached hydrogen (secondary N) is 1. The molecule has 3 N–H and O–H groups in total. The normalized spacial score (nSPS) is 20.9. The third-order valence-corrected chi connectivity index (χ3v) is 4.41. The summed E-state index contributed by atoms with van der Waals surface area (Å²) in [6.45, 7) is 0.607. The van der Waals surface area contributed by atoms with Crippen molar-refractivity contribution in [3.8, 4) is 0 Å². The lowest BCUT2D eigenvalue weighted by atomic mass is 10.00. The summed E-state index contributed by atoms with van der Waals surface area (Å²) >= 11 is 1.47. The number of likely N-dealkylation sites (tertiary alicyclic amines) is 1. The molecule has 0 radical (unpaired) electrons. The van der Waals surface area contributed by atoms with E-state index >= 15 is 0 Å². The average molecular weight is 281 g/mol. The molecule has 2 amide bonds. The van der Waals surface area contributed by atoms with Crippen LogP contribution in [0.2, 0.25) is 0 Å². The fourth-order valence-electron chi connectivity index (χ4n) is 2.40. The van der Waals surface area contributed by atoms with Crippen LogP contribution in [0.5, 0.6) is 0 Å². The first kappa shape index (κ1) is 14.0. The van der Waals surface area contributed by atoms with E-state index in [0.717, 1.165) is 17.7 Å². The molecule has 2 atom stereocenters. The van der Waals surface area contributed by atoms with E-state index in [-0.39, 0.29) is 17.9 Å². The van der Waals surface area contributed by atoms with Crippen molar-refractivity contribution in [2.75, 3.05) is 13.6 Å². The van der Waals surface area contributed by atoms with Gasteiger partial charge in [0, 0.05) is 18.5 Å². The zero-order valence-electron chi connectivity index (χ0n) is 11.0. The Hall–Kier alpha value is -1.40. The van der Waals surface area contributed by atoms with E-state index in [4.69, 9.17) is 5.73 Å². The Kier molecular flexibility index (Phi) is 4.55. The number of hydrogen-bond donors (Lipinski definition) is 2. The molecule has 0 aliphatic carbocycles. The van der Waals surface area contributed by atoms with E-state index < -0.39 is 6.04 Å². The van der Waals surface area contributed by atoms with Gasteiger partial charge in [0.25, 0.3) is 0 Å². The molecule has 2 rings (SSSR count). The number of thiophene rings is 1. The Morgan fingerprint density at radius 3 is 2.95 bits per heavy atom. The monoisotopic (exact) mass is 281 g/mol. The number of rotatable bonds is 3. The molecule has 0 bridgehead atoms. The average Bonchev–Trinajstić information content (AvgIpc) is 2.99. The number of likely N-dealkylation sites (N-methyl/N-ethyl adjacent to an activating group) is 1. The number of carbonyl (C=O) groups is 2. The van der Waals surface area contributed by atoms with E-state index in [9.17, 15) is 9.59 Å². The molecule has 1 aromatic rings. The molecular formula is C13H19N3O2S. The number of amides is 2. The molecule has 5 nitrogen and oxygen atoms in total. The molecule has 1 aliphatic rings. The summed E-state index contributed by atoms with van der Waals surface area (Å²) in [5.41, 5.74) is 6.01. The van der Waals surface area contributed by atoms with Crippen LogP contribution in [0.1, 0.15) is 30.2 Å². The third-order valence-electron chi connectivity index (χ3n) is 3.45. The molecule has 0 saturated carbocycles. The number of nitrogens with two attached hydrogens (primary N) is 1. The molecule has 1 fully saturated rings. The number of nitrogens with zero attached hydrogens (tertiary/aromatic N) is 1.